The highest BCUT2D eigenvalue weighted by atomic mass is 35.5. The van der Waals surface area contributed by atoms with Crippen LogP contribution < -0.4 is 5.73 Å². The van der Waals surface area contributed by atoms with E-state index in [2.05, 4.69) is 9.97 Å². The first-order valence-electron chi connectivity index (χ1n) is 3.14. The minimum absolute atomic E-state index is 0.284. The molecule has 11 heavy (non-hydrogen) atoms. The average Bonchev–Trinajstić information content (AvgIpc) is 2.01. The van der Waals surface area contributed by atoms with Gasteiger partial charge in [-0.25, -0.2) is 9.97 Å². The molecule has 0 bridgehead atoms. The zero-order valence-corrected chi connectivity index (χ0v) is 7.40. The summed E-state index contributed by atoms with van der Waals surface area (Å²) in [6.45, 7) is 0.645. The van der Waals surface area contributed by atoms with E-state index >= 15 is 0 Å². The van der Waals surface area contributed by atoms with Crippen LogP contribution in [0.15, 0.2) is 17.3 Å². The molecule has 1 aromatic heterocycles. The van der Waals surface area contributed by atoms with Gasteiger partial charge in [0, 0.05) is 18.5 Å². The molecule has 2 N–H and O–H groups in total. The molecule has 3 nitrogen and oxygen atoms in total. The van der Waals surface area contributed by atoms with Crippen molar-refractivity contribution in [2.24, 2.45) is 5.73 Å². The van der Waals surface area contributed by atoms with Crippen molar-refractivity contribution in [3.05, 3.63) is 17.5 Å². The van der Waals surface area contributed by atoms with Crippen LogP contribution in [0.2, 0.25) is 5.28 Å². The predicted octanol–water partition coefficient (Wildman–Crippen LogP) is 1.18. The summed E-state index contributed by atoms with van der Waals surface area (Å²) in [4.78, 5) is 7.73. The van der Waals surface area contributed by atoms with Crippen LogP contribution in [0.3, 0.4) is 0 Å². The van der Waals surface area contributed by atoms with E-state index in [9.17, 15) is 0 Å². The highest BCUT2D eigenvalue weighted by molar-refractivity contribution is 7.99. The van der Waals surface area contributed by atoms with Crippen molar-refractivity contribution in [2.75, 3.05) is 12.3 Å². The third kappa shape index (κ3) is 3.05. The van der Waals surface area contributed by atoms with Crippen LogP contribution in [-0.4, -0.2) is 22.3 Å². The lowest BCUT2D eigenvalue weighted by Crippen LogP contribution is -2.01. The van der Waals surface area contributed by atoms with E-state index in [1.165, 1.54) is 0 Å². The summed E-state index contributed by atoms with van der Waals surface area (Å²) < 4.78 is 0. The maximum absolute atomic E-state index is 5.56. The first-order valence-corrected chi connectivity index (χ1v) is 4.50. The standard InChI is InChI=1S/C6H8ClN3S/c7-6-9-3-1-5(10-6)11-4-2-8/h1,3H,2,4,8H2. The van der Waals surface area contributed by atoms with Crippen molar-refractivity contribution in [3.63, 3.8) is 0 Å². The molecule has 1 heterocycles. The Morgan fingerprint density at radius 1 is 1.64 bits per heavy atom. The number of rotatable bonds is 3. The van der Waals surface area contributed by atoms with Gasteiger partial charge in [-0.3, -0.25) is 0 Å². The van der Waals surface area contributed by atoms with Gasteiger partial charge in [-0.1, -0.05) is 0 Å². The maximum Gasteiger partial charge on any atom is 0.223 e. The van der Waals surface area contributed by atoms with Crippen LogP contribution >= 0.6 is 23.4 Å². The quantitative estimate of drug-likeness (QED) is 0.441. The molecule has 0 fully saturated rings. The Hall–Kier alpha value is -0.320. The number of nitrogens with two attached hydrogens (primary N) is 1. The van der Waals surface area contributed by atoms with Crippen LogP contribution in [0.25, 0.3) is 0 Å². The van der Waals surface area contributed by atoms with Gasteiger partial charge in [0.05, 0.1) is 0 Å². The van der Waals surface area contributed by atoms with Gasteiger partial charge in [0.15, 0.2) is 0 Å². The zero-order valence-electron chi connectivity index (χ0n) is 5.83. The SMILES string of the molecule is NCCSc1ccnc(Cl)n1. The normalized spacial score (nSPS) is 10.0. The summed E-state index contributed by atoms with van der Waals surface area (Å²) >= 11 is 7.13. The lowest BCUT2D eigenvalue weighted by atomic mass is 10.7. The highest BCUT2D eigenvalue weighted by Gasteiger charge is 1.95. The van der Waals surface area contributed by atoms with Gasteiger partial charge < -0.3 is 5.73 Å². The summed E-state index contributed by atoms with van der Waals surface area (Å²) in [5, 5.41) is 1.16. The molecule has 0 aliphatic rings. The van der Waals surface area contributed by atoms with Crippen LogP contribution in [0.1, 0.15) is 0 Å². The number of aromatic nitrogens is 2. The van der Waals surface area contributed by atoms with E-state index in [1.54, 1.807) is 18.0 Å². The Morgan fingerprint density at radius 3 is 3.09 bits per heavy atom. The smallest absolute Gasteiger partial charge is 0.223 e. The van der Waals surface area contributed by atoms with Crippen molar-refractivity contribution >= 4 is 23.4 Å². The molecule has 1 rings (SSSR count). The van der Waals surface area contributed by atoms with E-state index in [0.717, 1.165) is 10.8 Å². The summed E-state index contributed by atoms with van der Waals surface area (Å²) in [5.41, 5.74) is 5.32. The van der Waals surface area contributed by atoms with E-state index in [4.69, 9.17) is 17.3 Å². The minimum Gasteiger partial charge on any atom is -0.330 e. The molecular weight excluding hydrogens is 182 g/mol. The fourth-order valence-electron chi connectivity index (χ4n) is 0.563. The van der Waals surface area contributed by atoms with Crippen molar-refractivity contribution in [2.45, 2.75) is 5.03 Å². The van der Waals surface area contributed by atoms with E-state index in [-0.39, 0.29) is 5.28 Å². The summed E-state index contributed by atoms with van der Waals surface area (Å²) in [6.07, 6.45) is 1.63. The van der Waals surface area contributed by atoms with Gasteiger partial charge in [-0.05, 0) is 17.7 Å². The molecule has 0 aromatic carbocycles. The third-order valence-corrected chi connectivity index (χ3v) is 2.11. The minimum atomic E-state index is 0.284. The number of hydrogen-bond acceptors (Lipinski definition) is 4. The molecule has 60 valence electrons. The monoisotopic (exact) mass is 189 g/mol. The molecule has 0 amide bonds. The molecular formula is C6H8ClN3S. The zero-order chi connectivity index (χ0) is 8.10. The molecule has 0 spiro atoms. The Labute approximate surface area is 74.4 Å². The van der Waals surface area contributed by atoms with Crippen molar-refractivity contribution < 1.29 is 0 Å². The lowest BCUT2D eigenvalue weighted by molar-refractivity contribution is 1.04. The second kappa shape index (κ2) is 4.54. The average molecular weight is 190 g/mol. The highest BCUT2D eigenvalue weighted by Crippen LogP contribution is 2.14. The van der Waals surface area contributed by atoms with Crippen LogP contribution in [0, 0.1) is 0 Å². The fraction of sp³-hybridized carbons (Fsp3) is 0.333. The number of nitrogens with zero attached hydrogens (tertiary/aromatic N) is 2. The first-order chi connectivity index (χ1) is 5.33. The third-order valence-electron chi connectivity index (χ3n) is 0.968. The molecule has 1 aromatic rings. The van der Waals surface area contributed by atoms with Crippen molar-refractivity contribution in [3.8, 4) is 0 Å². The van der Waals surface area contributed by atoms with Gasteiger partial charge in [-0.15, -0.1) is 11.8 Å². The summed E-state index contributed by atoms with van der Waals surface area (Å²) in [6, 6.07) is 1.81. The summed E-state index contributed by atoms with van der Waals surface area (Å²) in [7, 11) is 0. The van der Waals surface area contributed by atoms with Crippen LogP contribution in [-0.2, 0) is 0 Å². The van der Waals surface area contributed by atoms with Crippen LogP contribution in [0.5, 0.6) is 0 Å². The van der Waals surface area contributed by atoms with Gasteiger partial charge in [0.25, 0.3) is 0 Å². The Morgan fingerprint density at radius 2 is 2.45 bits per heavy atom. The van der Waals surface area contributed by atoms with Gasteiger partial charge in [0.1, 0.15) is 5.03 Å². The van der Waals surface area contributed by atoms with Crippen LogP contribution in [0.4, 0.5) is 0 Å². The van der Waals surface area contributed by atoms with Gasteiger partial charge in [0.2, 0.25) is 5.28 Å². The molecule has 0 atom stereocenters. The van der Waals surface area contributed by atoms with Crippen molar-refractivity contribution in [1.29, 1.82) is 0 Å². The predicted molar refractivity (Wildman–Crippen MR) is 46.8 cm³/mol. The number of hydrogen-bond donors (Lipinski definition) is 1. The molecule has 0 aliphatic heterocycles. The maximum atomic E-state index is 5.56. The summed E-state index contributed by atoms with van der Waals surface area (Å²) in [5.74, 6) is 0.855. The van der Waals surface area contributed by atoms with Crippen molar-refractivity contribution in [1.82, 2.24) is 9.97 Å². The largest absolute Gasteiger partial charge is 0.330 e. The van der Waals surface area contributed by atoms with E-state index in [1.807, 2.05) is 6.07 Å². The molecule has 0 aliphatic carbocycles. The van der Waals surface area contributed by atoms with E-state index < -0.39 is 0 Å². The van der Waals surface area contributed by atoms with Gasteiger partial charge >= 0.3 is 0 Å². The van der Waals surface area contributed by atoms with Gasteiger partial charge in [-0.2, -0.15) is 0 Å². The molecule has 0 radical (unpaired) electrons. The number of halogens is 1. The molecule has 0 saturated carbocycles. The Balaban J connectivity index is 2.56. The Kier molecular flexibility index (Phi) is 3.62. The van der Waals surface area contributed by atoms with E-state index in [0.29, 0.717) is 6.54 Å². The number of thioether (sulfide) groups is 1. The molecule has 0 unspecified atom stereocenters. The second-order valence-corrected chi connectivity index (χ2v) is 3.25. The second-order valence-electron chi connectivity index (χ2n) is 1.80. The Bertz CT molecular complexity index is 231. The topological polar surface area (TPSA) is 51.8 Å². The first kappa shape index (κ1) is 8.77. The lowest BCUT2D eigenvalue weighted by Gasteiger charge is -1.96. The fourth-order valence-corrected chi connectivity index (χ4v) is 1.40. The molecule has 0 saturated heterocycles. The molecule has 5 heteroatoms.